The molecule has 1 atom stereocenters. The normalized spacial score (nSPS) is 19.8. The molecule has 1 aliphatic heterocycles. The van der Waals surface area contributed by atoms with Crippen molar-refractivity contribution in [3.63, 3.8) is 0 Å². The maximum absolute atomic E-state index is 13.3. The van der Waals surface area contributed by atoms with Gasteiger partial charge in [0.15, 0.2) is 5.76 Å². The average molecular weight is 438 g/mol. The predicted octanol–water partition coefficient (Wildman–Crippen LogP) is 3.93. The number of nitrogens with one attached hydrogen (secondary N) is 2. The van der Waals surface area contributed by atoms with Crippen molar-refractivity contribution in [3.8, 4) is 0 Å². The van der Waals surface area contributed by atoms with Gasteiger partial charge in [-0.2, -0.15) is 0 Å². The Kier molecular flexibility index (Phi) is 7.63. The molecule has 6 nitrogen and oxygen atoms in total. The molecular formula is C26H35N3O3. The Morgan fingerprint density at radius 1 is 0.938 bits per heavy atom. The molecule has 2 N–H and O–H groups in total. The summed E-state index contributed by atoms with van der Waals surface area (Å²) in [6.07, 6.45) is 11.7. The Balaban J connectivity index is 1.45. The minimum Gasteiger partial charge on any atom is -0.459 e. The molecule has 1 aromatic heterocycles. The first-order valence-electron chi connectivity index (χ1n) is 12.1. The van der Waals surface area contributed by atoms with Crippen molar-refractivity contribution in [2.75, 3.05) is 19.6 Å². The molecule has 2 amide bonds. The van der Waals surface area contributed by atoms with Gasteiger partial charge in [0.25, 0.3) is 5.91 Å². The molecular weight excluding hydrogens is 402 g/mol. The van der Waals surface area contributed by atoms with Crippen LogP contribution in [-0.2, 0) is 11.2 Å². The molecule has 0 bridgehead atoms. The van der Waals surface area contributed by atoms with Crippen LogP contribution in [0.15, 0.2) is 53.1 Å². The fourth-order valence-corrected chi connectivity index (χ4v) is 5.25. The van der Waals surface area contributed by atoms with Gasteiger partial charge < -0.3 is 15.1 Å². The lowest BCUT2D eigenvalue weighted by atomic mass is 9.79. The van der Waals surface area contributed by atoms with E-state index in [4.69, 9.17) is 4.42 Å². The average Bonchev–Trinajstić information content (AvgIpc) is 3.39. The Labute approximate surface area is 190 Å². The number of hydrogen-bond donors (Lipinski definition) is 2. The van der Waals surface area contributed by atoms with Gasteiger partial charge in [-0.1, -0.05) is 56.0 Å². The van der Waals surface area contributed by atoms with Gasteiger partial charge >= 0.3 is 0 Å². The quantitative estimate of drug-likeness (QED) is 0.656. The van der Waals surface area contributed by atoms with Crippen molar-refractivity contribution in [3.05, 3.63) is 60.1 Å². The Morgan fingerprint density at radius 3 is 2.34 bits per heavy atom. The minimum atomic E-state index is -0.656. The molecule has 0 spiro atoms. The van der Waals surface area contributed by atoms with Gasteiger partial charge in [0.2, 0.25) is 5.91 Å². The van der Waals surface area contributed by atoms with Gasteiger partial charge in [0.05, 0.1) is 6.26 Å². The molecule has 2 heterocycles. The maximum atomic E-state index is 13.3. The van der Waals surface area contributed by atoms with Crippen LogP contribution >= 0.6 is 0 Å². The van der Waals surface area contributed by atoms with Crippen LogP contribution in [0.25, 0.3) is 0 Å². The molecule has 2 aromatic rings. The highest BCUT2D eigenvalue weighted by atomic mass is 16.3. The fourth-order valence-electron chi connectivity index (χ4n) is 5.25. The molecule has 1 saturated heterocycles. The van der Waals surface area contributed by atoms with Crippen molar-refractivity contribution in [2.45, 2.75) is 69.4 Å². The van der Waals surface area contributed by atoms with E-state index in [-0.39, 0.29) is 23.1 Å². The first-order valence-corrected chi connectivity index (χ1v) is 12.1. The van der Waals surface area contributed by atoms with Gasteiger partial charge in [0, 0.05) is 18.5 Å². The van der Waals surface area contributed by atoms with Crippen LogP contribution in [0.2, 0.25) is 0 Å². The zero-order valence-corrected chi connectivity index (χ0v) is 18.9. The number of carbonyl (C=O) groups excluding carboxylic acids is 2. The third-order valence-corrected chi connectivity index (χ3v) is 7.05. The monoisotopic (exact) mass is 437 g/mol. The Bertz CT molecular complexity index is 854. The van der Waals surface area contributed by atoms with Crippen LogP contribution < -0.4 is 10.6 Å². The molecule has 2 fully saturated rings. The number of piperidine rings is 1. The van der Waals surface area contributed by atoms with Gasteiger partial charge in [0.1, 0.15) is 6.04 Å². The molecule has 1 aromatic carbocycles. The van der Waals surface area contributed by atoms with Crippen molar-refractivity contribution in [1.29, 1.82) is 0 Å². The number of furan rings is 1. The smallest absolute Gasteiger partial charge is 0.287 e. The third-order valence-electron chi connectivity index (χ3n) is 7.05. The standard InChI is InChI=1S/C26H35N3O3/c30-24(27-20-26(14-6-2-7-15-26)29-16-8-3-9-17-29)22(19-21-11-4-1-5-12-21)28-25(31)23-13-10-18-32-23/h1,4-5,10-13,18,22H,2-3,6-9,14-17,19-20H2,(H,27,30)(H,28,31). The molecule has 1 aliphatic carbocycles. The van der Waals surface area contributed by atoms with Crippen LogP contribution in [0.5, 0.6) is 0 Å². The van der Waals surface area contributed by atoms with Gasteiger partial charge in [-0.25, -0.2) is 0 Å². The lowest BCUT2D eigenvalue weighted by molar-refractivity contribution is -0.124. The summed E-state index contributed by atoms with van der Waals surface area (Å²) in [4.78, 5) is 28.6. The Hall–Kier alpha value is -2.60. The second-order valence-corrected chi connectivity index (χ2v) is 9.24. The first-order chi connectivity index (χ1) is 15.7. The molecule has 1 unspecified atom stereocenters. The number of likely N-dealkylation sites (tertiary alicyclic amines) is 1. The SMILES string of the molecule is O=C(NC(Cc1ccccc1)C(=O)NCC1(N2CCCCC2)CCCCC1)c1ccco1. The molecule has 0 radical (unpaired) electrons. The minimum absolute atomic E-state index is 0.0522. The zero-order valence-electron chi connectivity index (χ0n) is 18.9. The second kappa shape index (κ2) is 10.8. The summed E-state index contributed by atoms with van der Waals surface area (Å²) in [5.41, 5.74) is 1.06. The van der Waals surface area contributed by atoms with Crippen LogP contribution in [-0.4, -0.2) is 47.9 Å². The molecule has 2 aliphatic rings. The maximum Gasteiger partial charge on any atom is 0.287 e. The lowest BCUT2D eigenvalue weighted by Crippen LogP contribution is -2.60. The van der Waals surface area contributed by atoms with E-state index >= 15 is 0 Å². The van der Waals surface area contributed by atoms with Gasteiger partial charge in [-0.3, -0.25) is 14.5 Å². The Morgan fingerprint density at radius 2 is 1.66 bits per heavy atom. The van der Waals surface area contributed by atoms with Gasteiger partial charge in [-0.15, -0.1) is 0 Å². The van der Waals surface area contributed by atoms with Gasteiger partial charge in [-0.05, 0) is 56.5 Å². The first kappa shape index (κ1) is 22.6. The number of carbonyl (C=O) groups is 2. The number of hydrogen-bond acceptors (Lipinski definition) is 4. The number of amides is 2. The summed E-state index contributed by atoms with van der Waals surface area (Å²) in [5.74, 6) is -0.280. The fraction of sp³-hybridized carbons (Fsp3) is 0.538. The zero-order chi connectivity index (χ0) is 22.2. The second-order valence-electron chi connectivity index (χ2n) is 9.24. The number of nitrogens with zero attached hydrogens (tertiary/aromatic N) is 1. The molecule has 32 heavy (non-hydrogen) atoms. The molecule has 172 valence electrons. The topological polar surface area (TPSA) is 74.6 Å². The summed E-state index contributed by atoms with van der Waals surface area (Å²) in [7, 11) is 0. The summed E-state index contributed by atoms with van der Waals surface area (Å²) in [6, 6.07) is 12.4. The van der Waals surface area contributed by atoms with E-state index in [9.17, 15) is 9.59 Å². The van der Waals surface area contributed by atoms with E-state index in [1.807, 2.05) is 30.3 Å². The number of benzene rings is 1. The summed E-state index contributed by atoms with van der Waals surface area (Å²) < 4.78 is 5.23. The van der Waals surface area contributed by atoms with E-state index in [1.54, 1.807) is 12.1 Å². The summed E-state index contributed by atoms with van der Waals surface area (Å²) in [6.45, 7) is 2.89. The van der Waals surface area contributed by atoms with Crippen LogP contribution in [0, 0.1) is 0 Å². The van der Waals surface area contributed by atoms with E-state index in [0.717, 1.165) is 31.5 Å². The largest absolute Gasteiger partial charge is 0.459 e. The van der Waals surface area contributed by atoms with E-state index < -0.39 is 6.04 Å². The highest BCUT2D eigenvalue weighted by molar-refractivity contribution is 5.95. The predicted molar refractivity (Wildman–Crippen MR) is 124 cm³/mol. The summed E-state index contributed by atoms with van der Waals surface area (Å²) >= 11 is 0. The molecule has 1 saturated carbocycles. The van der Waals surface area contributed by atoms with Crippen LogP contribution in [0.3, 0.4) is 0 Å². The van der Waals surface area contributed by atoms with Crippen molar-refractivity contribution in [1.82, 2.24) is 15.5 Å². The highest BCUT2D eigenvalue weighted by Crippen LogP contribution is 2.35. The molecule has 6 heteroatoms. The van der Waals surface area contributed by atoms with E-state index in [0.29, 0.717) is 13.0 Å². The van der Waals surface area contributed by atoms with Crippen molar-refractivity contribution in [2.24, 2.45) is 0 Å². The molecule has 4 rings (SSSR count). The van der Waals surface area contributed by atoms with Crippen molar-refractivity contribution < 1.29 is 14.0 Å². The lowest BCUT2D eigenvalue weighted by Gasteiger charge is -2.48. The van der Waals surface area contributed by atoms with Crippen LogP contribution in [0.1, 0.15) is 67.5 Å². The van der Waals surface area contributed by atoms with Crippen LogP contribution in [0.4, 0.5) is 0 Å². The number of rotatable bonds is 8. The summed E-state index contributed by atoms with van der Waals surface area (Å²) in [5, 5.41) is 6.12. The van der Waals surface area contributed by atoms with E-state index in [1.165, 1.54) is 44.8 Å². The van der Waals surface area contributed by atoms with Crippen molar-refractivity contribution >= 4 is 11.8 Å². The van der Waals surface area contributed by atoms with E-state index in [2.05, 4.69) is 15.5 Å². The third kappa shape index (κ3) is 5.60. The highest BCUT2D eigenvalue weighted by Gasteiger charge is 2.39.